The molecule has 0 spiro atoms. The zero-order valence-electron chi connectivity index (χ0n) is 9.24. The van der Waals surface area contributed by atoms with E-state index in [-0.39, 0.29) is 6.03 Å². The van der Waals surface area contributed by atoms with Crippen LogP contribution < -0.4 is 11.1 Å². The molecule has 1 unspecified atom stereocenters. The van der Waals surface area contributed by atoms with Gasteiger partial charge in [-0.2, -0.15) is 0 Å². The first kappa shape index (κ1) is 10.7. The number of nitrogens with two attached hydrogens (primary N) is 1. The summed E-state index contributed by atoms with van der Waals surface area (Å²) in [6.45, 7) is 2.54. The SMILES string of the molecule is NCCC1CCN(C(=O)NC2CCC2)C1. The fourth-order valence-electron chi connectivity index (χ4n) is 2.31. The molecule has 0 aromatic rings. The van der Waals surface area contributed by atoms with Crippen LogP contribution in [0, 0.1) is 5.92 Å². The predicted octanol–water partition coefficient (Wildman–Crippen LogP) is 0.919. The Labute approximate surface area is 91.2 Å². The summed E-state index contributed by atoms with van der Waals surface area (Å²) in [6, 6.07) is 0.588. The van der Waals surface area contributed by atoms with Gasteiger partial charge < -0.3 is 16.0 Å². The van der Waals surface area contributed by atoms with E-state index in [0.29, 0.717) is 12.0 Å². The molecule has 1 aliphatic carbocycles. The maximum absolute atomic E-state index is 11.8. The van der Waals surface area contributed by atoms with Gasteiger partial charge in [0.15, 0.2) is 0 Å². The Balaban J connectivity index is 1.71. The van der Waals surface area contributed by atoms with Crippen molar-refractivity contribution in [2.45, 2.75) is 38.1 Å². The summed E-state index contributed by atoms with van der Waals surface area (Å²) in [5.74, 6) is 0.627. The Kier molecular flexibility index (Phi) is 3.46. The van der Waals surface area contributed by atoms with Gasteiger partial charge in [-0.3, -0.25) is 0 Å². The normalized spacial score (nSPS) is 26.5. The molecule has 4 heteroatoms. The number of carbonyl (C=O) groups excluding carboxylic acids is 1. The first-order valence-corrected chi connectivity index (χ1v) is 6.05. The number of carbonyl (C=O) groups is 1. The van der Waals surface area contributed by atoms with Gasteiger partial charge in [0.1, 0.15) is 0 Å². The second-order valence-electron chi connectivity index (χ2n) is 4.76. The van der Waals surface area contributed by atoms with Crippen LogP contribution in [0.25, 0.3) is 0 Å². The van der Waals surface area contributed by atoms with Gasteiger partial charge in [0.25, 0.3) is 0 Å². The van der Waals surface area contributed by atoms with Crippen molar-refractivity contribution in [2.75, 3.05) is 19.6 Å². The molecule has 1 atom stereocenters. The Morgan fingerprint density at radius 3 is 2.80 bits per heavy atom. The number of rotatable bonds is 3. The van der Waals surface area contributed by atoms with Crippen molar-refractivity contribution in [1.29, 1.82) is 0 Å². The van der Waals surface area contributed by atoms with Gasteiger partial charge in [-0.25, -0.2) is 4.79 Å². The smallest absolute Gasteiger partial charge is 0.317 e. The fourth-order valence-corrected chi connectivity index (χ4v) is 2.31. The Bertz CT molecular complexity index is 228. The molecule has 2 rings (SSSR count). The van der Waals surface area contributed by atoms with E-state index in [4.69, 9.17) is 5.73 Å². The molecule has 4 nitrogen and oxygen atoms in total. The summed E-state index contributed by atoms with van der Waals surface area (Å²) in [7, 11) is 0. The van der Waals surface area contributed by atoms with Gasteiger partial charge in [-0.15, -0.1) is 0 Å². The number of likely N-dealkylation sites (tertiary alicyclic amines) is 1. The fraction of sp³-hybridized carbons (Fsp3) is 0.909. The van der Waals surface area contributed by atoms with E-state index >= 15 is 0 Å². The van der Waals surface area contributed by atoms with Crippen molar-refractivity contribution < 1.29 is 4.79 Å². The summed E-state index contributed by atoms with van der Waals surface area (Å²) in [4.78, 5) is 13.7. The summed E-state index contributed by atoms with van der Waals surface area (Å²) < 4.78 is 0. The molecule has 2 fully saturated rings. The van der Waals surface area contributed by atoms with Crippen LogP contribution in [0.3, 0.4) is 0 Å². The zero-order valence-corrected chi connectivity index (χ0v) is 9.24. The molecule has 86 valence electrons. The van der Waals surface area contributed by atoms with E-state index in [9.17, 15) is 4.79 Å². The standard InChI is InChI=1S/C11H21N3O/c12-6-4-9-5-7-14(8-9)11(15)13-10-2-1-3-10/h9-10H,1-8,12H2,(H,13,15). The molecular weight excluding hydrogens is 190 g/mol. The maximum Gasteiger partial charge on any atom is 0.317 e. The average Bonchev–Trinajstić information content (AvgIpc) is 2.60. The molecule has 1 heterocycles. The van der Waals surface area contributed by atoms with Crippen molar-refractivity contribution in [3.05, 3.63) is 0 Å². The van der Waals surface area contributed by atoms with Gasteiger partial charge in [0, 0.05) is 19.1 Å². The summed E-state index contributed by atoms with van der Waals surface area (Å²) in [6.07, 6.45) is 5.75. The lowest BCUT2D eigenvalue weighted by molar-refractivity contribution is 0.195. The van der Waals surface area contributed by atoms with Crippen molar-refractivity contribution in [3.8, 4) is 0 Å². The van der Waals surface area contributed by atoms with Crippen LogP contribution in [0.2, 0.25) is 0 Å². The Hall–Kier alpha value is -0.770. The van der Waals surface area contributed by atoms with Crippen LogP contribution in [-0.4, -0.2) is 36.6 Å². The highest BCUT2D eigenvalue weighted by Crippen LogP contribution is 2.21. The Morgan fingerprint density at radius 2 is 2.20 bits per heavy atom. The van der Waals surface area contributed by atoms with Crippen molar-refractivity contribution >= 4 is 6.03 Å². The van der Waals surface area contributed by atoms with E-state index in [0.717, 1.165) is 45.3 Å². The maximum atomic E-state index is 11.8. The van der Waals surface area contributed by atoms with Crippen LogP contribution in [0.4, 0.5) is 4.79 Å². The van der Waals surface area contributed by atoms with E-state index in [2.05, 4.69) is 5.32 Å². The molecule has 1 aliphatic heterocycles. The molecule has 0 radical (unpaired) electrons. The highest BCUT2D eigenvalue weighted by molar-refractivity contribution is 5.74. The molecule has 0 bridgehead atoms. The van der Waals surface area contributed by atoms with Gasteiger partial charge in [-0.1, -0.05) is 0 Å². The van der Waals surface area contributed by atoms with Gasteiger partial charge in [0.2, 0.25) is 0 Å². The molecule has 0 aromatic heterocycles. The molecule has 1 saturated carbocycles. The van der Waals surface area contributed by atoms with Crippen molar-refractivity contribution in [2.24, 2.45) is 11.7 Å². The van der Waals surface area contributed by atoms with E-state index in [1.54, 1.807) is 0 Å². The third kappa shape index (κ3) is 2.62. The summed E-state index contributed by atoms with van der Waals surface area (Å²) >= 11 is 0. The third-order valence-electron chi connectivity index (χ3n) is 3.58. The minimum Gasteiger partial charge on any atom is -0.335 e. The molecule has 15 heavy (non-hydrogen) atoms. The molecule has 3 N–H and O–H groups in total. The minimum atomic E-state index is 0.138. The number of hydrogen-bond donors (Lipinski definition) is 2. The highest BCUT2D eigenvalue weighted by Gasteiger charge is 2.28. The molecule has 1 saturated heterocycles. The lowest BCUT2D eigenvalue weighted by Crippen LogP contribution is -2.46. The number of nitrogens with one attached hydrogen (secondary N) is 1. The molecule has 2 aliphatic rings. The van der Waals surface area contributed by atoms with Crippen LogP contribution in [0.5, 0.6) is 0 Å². The minimum absolute atomic E-state index is 0.138. The summed E-state index contributed by atoms with van der Waals surface area (Å²) in [5.41, 5.74) is 5.52. The monoisotopic (exact) mass is 211 g/mol. The van der Waals surface area contributed by atoms with Crippen LogP contribution in [0.15, 0.2) is 0 Å². The van der Waals surface area contributed by atoms with Gasteiger partial charge >= 0.3 is 6.03 Å². The average molecular weight is 211 g/mol. The molecule has 0 aromatic carbocycles. The van der Waals surface area contributed by atoms with Gasteiger partial charge in [0.05, 0.1) is 0 Å². The van der Waals surface area contributed by atoms with Gasteiger partial charge in [-0.05, 0) is 44.6 Å². The largest absolute Gasteiger partial charge is 0.335 e. The third-order valence-corrected chi connectivity index (χ3v) is 3.58. The van der Waals surface area contributed by atoms with Crippen LogP contribution >= 0.6 is 0 Å². The van der Waals surface area contributed by atoms with E-state index in [1.165, 1.54) is 6.42 Å². The van der Waals surface area contributed by atoms with Crippen molar-refractivity contribution in [3.63, 3.8) is 0 Å². The molecular formula is C11H21N3O. The first-order valence-electron chi connectivity index (χ1n) is 6.05. The Morgan fingerprint density at radius 1 is 1.40 bits per heavy atom. The van der Waals surface area contributed by atoms with E-state index < -0.39 is 0 Å². The second-order valence-corrected chi connectivity index (χ2v) is 4.76. The second kappa shape index (κ2) is 4.84. The lowest BCUT2D eigenvalue weighted by atomic mass is 9.93. The number of urea groups is 1. The van der Waals surface area contributed by atoms with E-state index in [1.807, 2.05) is 4.90 Å². The number of nitrogens with zero attached hydrogens (tertiary/aromatic N) is 1. The van der Waals surface area contributed by atoms with Crippen LogP contribution in [0.1, 0.15) is 32.1 Å². The van der Waals surface area contributed by atoms with Crippen LogP contribution in [-0.2, 0) is 0 Å². The first-order chi connectivity index (χ1) is 7.29. The predicted molar refractivity (Wildman–Crippen MR) is 59.5 cm³/mol. The zero-order chi connectivity index (χ0) is 10.7. The van der Waals surface area contributed by atoms with Crippen molar-refractivity contribution in [1.82, 2.24) is 10.2 Å². The number of amides is 2. The summed E-state index contributed by atoms with van der Waals surface area (Å²) in [5, 5.41) is 3.08. The highest BCUT2D eigenvalue weighted by atomic mass is 16.2. The number of hydrogen-bond acceptors (Lipinski definition) is 2. The topological polar surface area (TPSA) is 58.4 Å². The lowest BCUT2D eigenvalue weighted by Gasteiger charge is -2.29. The molecule has 2 amide bonds. The quantitative estimate of drug-likeness (QED) is 0.729.